The third kappa shape index (κ3) is 3.83. The average molecular weight is 276 g/mol. The molecule has 112 valence electrons. The van der Waals surface area contributed by atoms with Gasteiger partial charge in [-0.25, -0.2) is 0 Å². The number of benzene rings is 1. The molecular weight excluding hydrogens is 248 g/mol. The minimum absolute atomic E-state index is 0.201. The molecule has 0 amide bonds. The molecule has 0 aromatic heterocycles. The molecule has 1 fully saturated rings. The van der Waals surface area contributed by atoms with Crippen molar-refractivity contribution >= 4 is 0 Å². The summed E-state index contributed by atoms with van der Waals surface area (Å²) in [4.78, 5) is 0. The van der Waals surface area contributed by atoms with Gasteiger partial charge < -0.3 is 9.84 Å². The first-order chi connectivity index (χ1) is 9.53. The van der Waals surface area contributed by atoms with Gasteiger partial charge in [0, 0.05) is 12.8 Å². The molecule has 2 atom stereocenters. The van der Waals surface area contributed by atoms with Crippen molar-refractivity contribution in [1.82, 2.24) is 0 Å². The van der Waals surface area contributed by atoms with E-state index in [-0.39, 0.29) is 6.10 Å². The summed E-state index contributed by atoms with van der Waals surface area (Å²) in [6.45, 7) is 7.29. The second-order valence-electron chi connectivity index (χ2n) is 6.57. The lowest BCUT2D eigenvalue weighted by atomic mass is 9.82. The van der Waals surface area contributed by atoms with E-state index in [1.807, 2.05) is 0 Å². The molecule has 1 aromatic rings. The first kappa shape index (κ1) is 15.5. The van der Waals surface area contributed by atoms with Crippen LogP contribution in [0.4, 0.5) is 0 Å². The number of aliphatic hydroxyl groups is 1. The molecule has 1 saturated heterocycles. The fourth-order valence-electron chi connectivity index (χ4n) is 3.16. The average Bonchev–Trinajstić information content (AvgIpc) is 2.39. The number of hydrogen-bond donors (Lipinski definition) is 1. The topological polar surface area (TPSA) is 29.5 Å². The molecule has 1 N–H and O–H groups in total. The smallest absolute Gasteiger partial charge is 0.0943 e. The largest absolute Gasteiger partial charge is 0.385 e. The van der Waals surface area contributed by atoms with Crippen LogP contribution in [0.1, 0.15) is 57.6 Å². The number of hydrogen-bond acceptors (Lipinski definition) is 2. The van der Waals surface area contributed by atoms with Crippen molar-refractivity contribution < 1.29 is 9.84 Å². The summed E-state index contributed by atoms with van der Waals surface area (Å²) in [5.41, 5.74) is 1.69. The SMILES string of the molecule is CCCC1CC(O)(c2cccc(CC(C)C)c2)CCO1. The zero-order valence-electron chi connectivity index (χ0n) is 13.1. The Morgan fingerprint density at radius 2 is 2.20 bits per heavy atom. The quantitative estimate of drug-likeness (QED) is 0.879. The van der Waals surface area contributed by atoms with Crippen LogP contribution in [0.3, 0.4) is 0 Å². The van der Waals surface area contributed by atoms with Gasteiger partial charge in [0.05, 0.1) is 18.3 Å². The van der Waals surface area contributed by atoms with Gasteiger partial charge in [-0.05, 0) is 29.9 Å². The standard InChI is InChI=1S/C18H28O2/c1-4-6-17-13-18(19,9-10-20-17)16-8-5-7-15(12-16)11-14(2)3/h5,7-8,12,14,17,19H,4,6,9-11,13H2,1-3H3. The fraction of sp³-hybridized carbons (Fsp3) is 0.667. The summed E-state index contributed by atoms with van der Waals surface area (Å²) in [6.07, 6.45) is 4.85. The monoisotopic (exact) mass is 276 g/mol. The number of ether oxygens (including phenoxy) is 1. The van der Waals surface area contributed by atoms with E-state index in [0.29, 0.717) is 18.9 Å². The van der Waals surface area contributed by atoms with Crippen LogP contribution in [0.15, 0.2) is 24.3 Å². The second-order valence-corrected chi connectivity index (χ2v) is 6.57. The highest BCUT2D eigenvalue weighted by atomic mass is 16.5. The van der Waals surface area contributed by atoms with E-state index < -0.39 is 5.60 Å². The molecule has 0 aliphatic carbocycles. The zero-order chi connectivity index (χ0) is 14.6. The molecule has 0 bridgehead atoms. The maximum Gasteiger partial charge on any atom is 0.0943 e. The van der Waals surface area contributed by atoms with Crippen LogP contribution >= 0.6 is 0 Å². The van der Waals surface area contributed by atoms with Gasteiger partial charge in [-0.15, -0.1) is 0 Å². The molecule has 1 aromatic carbocycles. The zero-order valence-corrected chi connectivity index (χ0v) is 13.1. The summed E-state index contributed by atoms with van der Waals surface area (Å²) < 4.78 is 5.77. The third-order valence-corrected chi connectivity index (χ3v) is 4.15. The Kier molecular flexibility index (Phi) is 5.22. The van der Waals surface area contributed by atoms with Crippen LogP contribution in [-0.4, -0.2) is 17.8 Å². The molecule has 20 heavy (non-hydrogen) atoms. The highest BCUT2D eigenvalue weighted by Gasteiger charge is 2.36. The predicted octanol–water partition coefficient (Wildman–Crippen LogP) is 4.05. The van der Waals surface area contributed by atoms with E-state index in [9.17, 15) is 5.11 Å². The van der Waals surface area contributed by atoms with Gasteiger partial charge in [0.2, 0.25) is 0 Å². The molecule has 0 spiro atoms. The van der Waals surface area contributed by atoms with Crippen molar-refractivity contribution in [1.29, 1.82) is 0 Å². The minimum Gasteiger partial charge on any atom is -0.385 e. The Labute approximate surface area is 123 Å². The molecule has 1 heterocycles. The van der Waals surface area contributed by atoms with Crippen molar-refractivity contribution in [2.75, 3.05) is 6.61 Å². The number of rotatable bonds is 5. The van der Waals surface area contributed by atoms with Gasteiger partial charge in [-0.1, -0.05) is 51.5 Å². The van der Waals surface area contributed by atoms with Gasteiger partial charge in [-0.3, -0.25) is 0 Å². The van der Waals surface area contributed by atoms with Gasteiger partial charge in [0.1, 0.15) is 0 Å². The lowest BCUT2D eigenvalue weighted by molar-refractivity contribution is -0.110. The van der Waals surface area contributed by atoms with Crippen molar-refractivity contribution in [3.8, 4) is 0 Å². The third-order valence-electron chi connectivity index (χ3n) is 4.15. The summed E-state index contributed by atoms with van der Waals surface area (Å²) in [6, 6.07) is 8.50. The van der Waals surface area contributed by atoms with Crippen LogP contribution in [0.25, 0.3) is 0 Å². The van der Waals surface area contributed by atoms with Crippen LogP contribution < -0.4 is 0 Å². The summed E-state index contributed by atoms with van der Waals surface area (Å²) in [5.74, 6) is 0.641. The molecule has 2 heteroatoms. The van der Waals surface area contributed by atoms with Crippen LogP contribution in [-0.2, 0) is 16.8 Å². The van der Waals surface area contributed by atoms with Crippen LogP contribution in [0.5, 0.6) is 0 Å². The Hall–Kier alpha value is -0.860. The first-order valence-electron chi connectivity index (χ1n) is 7.97. The molecule has 0 saturated carbocycles. The molecule has 2 rings (SSSR count). The highest BCUT2D eigenvalue weighted by molar-refractivity contribution is 5.29. The highest BCUT2D eigenvalue weighted by Crippen LogP contribution is 2.36. The second kappa shape index (κ2) is 6.73. The first-order valence-corrected chi connectivity index (χ1v) is 7.97. The van der Waals surface area contributed by atoms with E-state index in [0.717, 1.165) is 31.2 Å². The van der Waals surface area contributed by atoms with Gasteiger partial charge in [0.25, 0.3) is 0 Å². The normalized spacial score (nSPS) is 26.9. The molecule has 1 aliphatic rings. The van der Waals surface area contributed by atoms with Crippen LogP contribution in [0, 0.1) is 5.92 Å². The summed E-state index contributed by atoms with van der Waals surface area (Å²) in [5, 5.41) is 11.0. The molecule has 1 aliphatic heterocycles. The van der Waals surface area contributed by atoms with Gasteiger partial charge in [-0.2, -0.15) is 0 Å². The van der Waals surface area contributed by atoms with E-state index in [4.69, 9.17) is 4.74 Å². The summed E-state index contributed by atoms with van der Waals surface area (Å²) in [7, 11) is 0. The lowest BCUT2D eigenvalue weighted by Gasteiger charge is -2.37. The maximum absolute atomic E-state index is 11.0. The van der Waals surface area contributed by atoms with Crippen molar-refractivity contribution in [3.63, 3.8) is 0 Å². The Morgan fingerprint density at radius 1 is 1.40 bits per heavy atom. The lowest BCUT2D eigenvalue weighted by Crippen LogP contribution is -2.38. The van der Waals surface area contributed by atoms with E-state index in [1.54, 1.807) is 0 Å². The van der Waals surface area contributed by atoms with Crippen molar-refractivity contribution in [3.05, 3.63) is 35.4 Å². The summed E-state index contributed by atoms with van der Waals surface area (Å²) >= 11 is 0. The van der Waals surface area contributed by atoms with E-state index >= 15 is 0 Å². The Bertz CT molecular complexity index is 425. The maximum atomic E-state index is 11.0. The van der Waals surface area contributed by atoms with Crippen molar-refractivity contribution in [2.24, 2.45) is 5.92 Å². The Balaban J connectivity index is 2.16. The van der Waals surface area contributed by atoms with E-state index in [2.05, 4.69) is 45.0 Å². The van der Waals surface area contributed by atoms with Crippen LogP contribution in [0.2, 0.25) is 0 Å². The van der Waals surface area contributed by atoms with Gasteiger partial charge >= 0.3 is 0 Å². The molecular formula is C18H28O2. The minimum atomic E-state index is -0.703. The van der Waals surface area contributed by atoms with Gasteiger partial charge in [0.15, 0.2) is 0 Å². The molecule has 0 radical (unpaired) electrons. The van der Waals surface area contributed by atoms with E-state index in [1.165, 1.54) is 5.56 Å². The predicted molar refractivity (Wildman–Crippen MR) is 82.8 cm³/mol. The Morgan fingerprint density at radius 3 is 2.90 bits per heavy atom. The molecule has 2 nitrogen and oxygen atoms in total. The van der Waals surface area contributed by atoms with Crippen molar-refractivity contribution in [2.45, 2.75) is 64.6 Å². The fourth-order valence-corrected chi connectivity index (χ4v) is 3.16. The molecule has 2 unspecified atom stereocenters.